The summed E-state index contributed by atoms with van der Waals surface area (Å²) in [4.78, 5) is 0. The molecule has 2 rings (SSSR count). The van der Waals surface area contributed by atoms with Crippen molar-refractivity contribution in [1.82, 2.24) is 5.43 Å². The maximum absolute atomic E-state index is 12.8. The predicted molar refractivity (Wildman–Crippen MR) is 77.1 cm³/mol. The standard InChI is InChI=1S/C14H11Cl2F3N2/c15-11-6-2-5-10(12(11)16)13(21-20)8-3-1-4-9(7-8)14(17,18)19/h1-7,13,21H,20H2. The first-order valence-electron chi connectivity index (χ1n) is 5.91. The lowest BCUT2D eigenvalue weighted by Crippen LogP contribution is -2.29. The van der Waals surface area contributed by atoms with E-state index in [0.29, 0.717) is 16.1 Å². The summed E-state index contributed by atoms with van der Waals surface area (Å²) in [6.45, 7) is 0. The first-order chi connectivity index (χ1) is 9.84. The minimum atomic E-state index is -4.42. The molecule has 1 unspecified atom stereocenters. The number of alkyl halides is 3. The lowest BCUT2D eigenvalue weighted by molar-refractivity contribution is -0.137. The van der Waals surface area contributed by atoms with E-state index >= 15 is 0 Å². The molecule has 2 nitrogen and oxygen atoms in total. The van der Waals surface area contributed by atoms with Crippen LogP contribution in [0.1, 0.15) is 22.7 Å². The van der Waals surface area contributed by atoms with Crippen LogP contribution in [0.15, 0.2) is 42.5 Å². The number of hydrazine groups is 1. The minimum Gasteiger partial charge on any atom is -0.271 e. The highest BCUT2D eigenvalue weighted by Gasteiger charge is 2.31. The van der Waals surface area contributed by atoms with E-state index in [4.69, 9.17) is 29.0 Å². The number of halogens is 5. The zero-order valence-electron chi connectivity index (χ0n) is 10.6. The zero-order chi connectivity index (χ0) is 15.6. The predicted octanol–water partition coefficient (Wildman–Crippen LogP) is 4.56. The van der Waals surface area contributed by atoms with E-state index in [9.17, 15) is 13.2 Å². The van der Waals surface area contributed by atoms with Crippen molar-refractivity contribution < 1.29 is 13.2 Å². The van der Waals surface area contributed by atoms with E-state index in [1.54, 1.807) is 18.2 Å². The van der Waals surface area contributed by atoms with Crippen LogP contribution in [0, 0.1) is 0 Å². The van der Waals surface area contributed by atoms with Gasteiger partial charge in [0.15, 0.2) is 0 Å². The molecule has 0 saturated carbocycles. The van der Waals surface area contributed by atoms with Crippen molar-refractivity contribution in [3.8, 4) is 0 Å². The fourth-order valence-corrected chi connectivity index (χ4v) is 2.42. The van der Waals surface area contributed by atoms with E-state index in [1.807, 2.05) is 0 Å². The van der Waals surface area contributed by atoms with Gasteiger partial charge in [0.2, 0.25) is 0 Å². The van der Waals surface area contributed by atoms with Crippen LogP contribution in [0.4, 0.5) is 13.2 Å². The molecule has 0 radical (unpaired) electrons. The van der Waals surface area contributed by atoms with Gasteiger partial charge in [-0.2, -0.15) is 13.2 Å². The first-order valence-corrected chi connectivity index (χ1v) is 6.67. The third-order valence-electron chi connectivity index (χ3n) is 3.01. The molecule has 2 aromatic rings. The van der Waals surface area contributed by atoms with Gasteiger partial charge in [-0.05, 0) is 29.3 Å². The fraction of sp³-hybridized carbons (Fsp3) is 0.143. The van der Waals surface area contributed by atoms with Gasteiger partial charge in [0.25, 0.3) is 0 Å². The van der Waals surface area contributed by atoms with E-state index in [1.165, 1.54) is 12.1 Å². The third kappa shape index (κ3) is 3.49. The maximum atomic E-state index is 12.8. The molecule has 0 aromatic heterocycles. The summed E-state index contributed by atoms with van der Waals surface area (Å²) in [7, 11) is 0. The molecule has 7 heteroatoms. The Balaban J connectivity index is 2.49. The van der Waals surface area contributed by atoms with Crippen LogP contribution >= 0.6 is 23.2 Å². The number of rotatable bonds is 3. The molecule has 0 heterocycles. The molecule has 0 aliphatic heterocycles. The minimum absolute atomic E-state index is 0.250. The Morgan fingerprint density at radius 3 is 2.33 bits per heavy atom. The molecule has 0 fully saturated rings. The van der Waals surface area contributed by atoms with Crippen molar-refractivity contribution in [3.63, 3.8) is 0 Å². The quantitative estimate of drug-likeness (QED) is 0.637. The summed E-state index contributed by atoms with van der Waals surface area (Å²) in [5.74, 6) is 5.48. The van der Waals surface area contributed by atoms with Crippen LogP contribution in [0.5, 0.6) is 0 Å². The van der Waals surface area contributed by atoms with Crippen LogP contribution < -0.4 is 11.3 Å². The van der Waals surface area contributed by atoms with Gasteiger partial charge in [0, 0.05) is 0 Å². The highest BCUT2D eigenvalue weighted by Crippen LogP contribution is 2.35. The molecule has 112 valence electrons. The largest absolute Gasteiger partial charge is 0.416 e. The fourth-order valence-electron chi connectivity index (χ4n) is 2.00. The number of hydrogen-bond acceptors (Lipinski definition) is 2. The average Bonchev–Trinajstić information content (AvgIpc) is 2.44. The van der Waals surface area contributed by atoms with Crippen molar-refractivity contribution in [2.24, 2.45) is 5.84 Å². The Bertz CT molecular complexity index is 644. The summed E-state index contributed by atoms with van der Waals surface area (Å²) in [6, 6.07) is 9.09. The van der Waals surface area contributed by atoms with Gasteiger partial charge >= 0.3 is 6.18 Å². The monoisotopic (exact) mass is 334 g/mol. The van der Waals surface area contributed by atoms with Crippen LogP contribution in [0.2, 0.25) is 10.0 Å². The highest BCUT2D eigenvalue weighted by molar-refractivity contribution is 6.42. The second kappa shape index (κ2) is 6.23. The molecule has 0 saturated heterocycles. The van der Waals surface area contributed by atoms with Gasteiger partial charge in [-0.15, -0.1) is 0 Å². The van der Waals surface area contributed by atoms with Crippen LogP contribution in [0.3, 0.4) is 0 Å². The second-order valence-electron chi connectivity index (χ2n) is 4.37. The van der Waals surface area contributed by atoms with Gasteiger partial charge in [0.05, 0.1) is 21.7 Å². The molecule has 0 amide bonds. The average molecular weight is 335 g/mol. The lowest BCUT2D eigenvalue weighted by atomic mass is 9.97. The Hall–Kier alpha value is -1.27. The SMILES string of the molecule is NNC(c1cccc(C(F)(F)F)c1)c1cccc(Cl)c1Cl. The number of nitrogens with two attached hydrogens (primary N) is 1. The Labute approximate surface area is 129 Å². The van der Waals surface area contributed by atoms with Crippen LogP contribution in [0.25, 0.3) is 0 Å². The lowest BCUT2D eigenvalue weighted by Gasteiger charge is -2.20. The van der Waals surface area contributed by atoms with E-state index in [2.05, 4.69) is 5.43 Å². The molecule has 21 heavy (non-hydrogen) atoms. The molecule has 0 spiro atoms. The van der Waals surface area contributed by atoms with Gasteiger partial charge in [-0.3, -0.25) is 5.84 Å². The van der Waals surface area contributed by atoms with Crippen molar-refractivity contribution in [2.45, 2.75) is 12.2 Å². The molecule has 3 N–H and O–H groups in total. The normalized spacial score (nSPS) is 13.2. The number of benzene rings is 2. The van der Waals surface area contributed by atoms with Gasteiger partial charge in [0.1, 0.15) is 0 Å². The van der Waals surface area contributed by atoms with Crippen molar-refractivity contribution in [1.29, 1.82) is 0 Å². The molecule has 0 aliphatic rings. The first kappa shape index (κ1) is 16.1. The number of hydrogen-bond donors (Lipinski definition) is 2. The van der Waals surface area contributed by atoms with E-state index in [0.717, 1.165) is 12.1 Å². The summed E-state index contributed by atoms with van der Waals surface area (Å²) in [6.07, 6.45) is -4.42. The molecule has 0 bridgehead atoms. The highest BCUT2D eigenvalue weighted by atomic mass is 35.5. The van der Waals surface area contributed by atoms with E-state index < -0.39 is 17.8 Å². The molecule has 1 atom stereocenters. The van der Waals surface area contributed by atoms with Gasteiger partial charge in [-0.1, -0.05) is 47.5 Å². The smallest absolute Gasteiger partial charge is 0.271 e. The van der Waals surface area contributed by atoms with Crippen molar-refractivity contribution in [3.05, 3.63) is 69.2 Å². The molecule has 2 aromatic carbocycles. The maximum Gasteiger partial charge on any atom is 0.416 e. The van der Waals surface area contributed by atoms with Crippen LogP contribution in [-0.4, -0.2) is 0 Å². The van der Waals surface area contributed by atoms with Gasteiger partial charge in [-0.25, -0.2) is 5.43 Å². The van der Waals surface area contributed by atoms with Crippen LogP contribution in [-0.2, 0) is 6.18 Å². The topological polar surface area (TPSA) is 38.0 Å². The summed E-state index contributed by atoms with van der Waals surface area (Å²) < 4.78 is 38.3. The summed E-state index contributed by atoms with van der Waals surface area (Å²) in [5, 5.41) is 0.556. The van der Waals surface area contributed by atoms with Gasteiger partial charge < -0.3 is 0 Å². The van der Waals surface area contributed by atoms with Crippen molar-refractivity contribution >= 4 is 23.2 Å². The summed E-state index contributed by atoms with van der Waals surface area (Å²) >= 11 is 12.0. The molecular weight excluding hydrogens is 324 g/mol. The second-order valence-corrected chi connectivity index (χ2v) is 5.15. The van der Waals surface area contributed by atoms with Crippen molar-refractivity contribution in [2.75, 3.05) is 0 Å². The molecule has 0 aliphatic carbocycles. The summed E-state index contributed by atoms with van der Waals surface area (Å²) in [5.41, 5.74) is 2.57. The third-order valence-corrected chi connectivity index (χ3v) is 3.84. The van der Waals surface area contributed by atoms with E-state index in [-0.39, 0.29) is 5.02 Å². The Morgan fingerprint density at radius 1 is 1.05 bits per heavy atom. The Kier molecular flexibility index (Phi) is 4.78. The number of nitrogens with one attached hydrogen (secondary N) is 1. The molecular formula is C14H11Cl2F3N2. The Morgan fingerprint density at radius 2 is 1.71 bits per heavy atom. The zero-order valence-corrected chi connectivity index (χ0v) is 12.1.